The number of aromatic amines is 1. The minimum atomic E-state index is 0.880. The molecular weight excluding hydrogens is 212 g/mol. The molecule has 0 atom stereocenters. The highest BCUT2D eigenvalue weighted by Gasteiger charge is 1.97. The SMILES string of the molecule is Cc1cc(C)cc(CNCCc2ncn[nH]2)c1. The molecule has 4 nitrogen and oxygen atoms in total. The Bertz CT molecular complexity index is 442. The molecular formula is C13H18N4. The Labute approximate surface area is 101 Å². The Morgan fingerprint density at radius 3 is 2.59 bits per heavy atom. The van der Waals surface area contributed by atoms with Crippen LogP contribution < -0.4 is 5.32 Å². The van der Waals surface area contributed by atoms with E-state index in [2.05, 4.69) is 52.5 Å². The molecule has 0 spiro atoms. The minimum absolute atomic E-state index is 0.880. The van der Waals surface area contributed by atoms with Gasteiger partial charge in [0.1, 0.15) is 12.2 Å². The zero-order valence-electron chi connectivity index (χ0n) is 10.3. The third-order valence-corrected chi connectivity index (χ3v) is 2.61. The summed E-state index contributed by atoms with van der Waals surface area (Å²) in [5.41, 5.74) is 3.97. The van der Waals surface area contributed by atoms with Crippen LogP contribution in [-0.2, 0) is 13.0 Å². The Hall–Kier alpha value is -1.68. The molecule has 17 heavy (non-hydrogen) atoms. The number of hydrogen-bond donors (Lipinski definition) is 2. The van der Waals surface area contributed by atoms with Gasteiger partial charge in [-0.15, -0.1) is 0 Å². The quantitative estimate of drug-likeness (QED) is 0.769. The van der Waals surface area contributed by atoms with E-state index in [0.29, 0.717) is 0 Å². The molecule has 0 fully saturated rings. The summed E-state index contributed by atoms with van der Waals surface area (Å²) < 4.78 is 0. The summed E-state index contributed by atoms with van der Waals surface area (Å²) in [4.78, 5) is 4.08. The molecule has 0 aliphatic heterocycles. The highest BCUT2D eigenvalue weighted by molar-refractivity contribution is 5.28. The molecule has 0 saturated heterocycles. The van der Waals surface area contributed by atoms with Gasteiger partial charge in [-0.3, -0.25) is 5.10 Å². The van der Waals surface area contributed by atoms with Crippen molar-refractivity contribution in [1.82, 2.24) is 20.5 Å². The Morgan fingerprint density at radius 1 is 1.18 bits per heavy atom. The number of nitrogens with zero attached hydrogens (tertiary/aromatic N) is 2. The maximum absolute atomic E-state index is 4.08. The molecule has 1 heterocycles. The number of benzene rings is 1. The van der Waals surface area contributed by atoms with Gasteiger partial charge in [-0.1, -0.05) is 29.3 Å². The van der Waals surface area contributed by atoms with Crippen LogP contribution >= 0.6 is 0 Å². The largest absolute Gasteiger partial charge is 0.312 e. The molecule has 1 aromatic carbocycles. The number of rotatable bonds is 5. The molecule has 0 bridgehead atoms. The van der Waals surface area contributed by atoms with Crippen LogP contribution in [-0.4, -0.2) is 21.7 Å². The Balaban J connectivity index is 1.78. The van der Waals surface area contributed by atoms with Crippen molar-refractivity contribution in [1.29, 1.82) is 0 Å². The first-order valence-corrected chi connectivity index (χ1v) is 5.86. The number of aromatic nitrogens is 3. The number of H-pyrrole nitrogens is 1. The summed E-state index contributed by atoms with van der Waals surface area (Å²) in [6.07, 6.45) is 2.42. The fourth-order valence-corrected chi connectivity index (χ4v) is 1.96. The van der Waals surface area contributed by atoms with Crippen LogP contribution in [0.1, 0.15) is 22.5 Å². The predicted octanol–water partition coefficient (Wildman–Crippen LogP) is 1.75. The predicted molar refractivity (Wildman–Crippen MR) is 67.7 cm³/mol. The van der Waals surface area contributed by atoms with Crippen molar-refractivity contribution in [3.05, 3.63) is 47.0 Å². The van der Waals surface area contributed by atoms with Crippen LogP contribution in [0, 0.1) is 13.8 Å². The molecule has 1 aromatic heterocycles. The lowest BCUT2D eigenvalue weighted by molar-refractivity contribution is 0.671. The van der Waals surface area contributed by atoms with Crippen LogP contribution in [0.25, 0.3) is 0 Å². The van der Waals surface area contributed by atoms with Crippen molar-refractivity contribution in [3.8, 4) is 0 Å². The maximum atomic E-state index is 4.08. The van der Waals surface area contributed by atoms with E-state index in [-0.39, 0.29) is 0 Å². The summed E-state index contributed by atoms with van der Waals surface area (Å²) >= 11 is 0. The normalized spacial score (nSPS) is 10.7. The lowest BCUT2D eigenvalue weighted by atomic mass is 10.1. The van der Waals surface area contributed by atoms with E-state index in [4.69, 9.17) is 0 Å². The van der Waals surface area contributed by atoms with Gasteiger partial charge in [-0.25, -0.2) is 4.98 Å². The van der Waals surface area contributed by atoms with E-state index >= 15 is 0 Å². The number of hydrogen-bond acceptors (Lipinski definition) is 3. The third-order valence-electron chi connectivity index (χ3n) is 2.61. The minimum Gasteiger partial charge on any atom is -0.312 e. The monoisotopic (exact) mass is 230 g/mol. The molecule has 0 amide bonds. The molecule has 90 valence electrons. The second-order valence-electron chi connectivity index (χ2n) is 4.35. The molecule has 0 saturated carbocycles. The zero-order chi connectivity index (χ0) is 12.1. The van der Waals surface area contributed by atoms with Crippen molar-refractivity contribution >= 4 is 0 Å². The smallest absolute Gasteiger partial charge is 0.137 e. The van der Waals surface area contributed by atoms with Crippen molar-refractivity contribution in [2.45, 2.75) is 26.8 Å². The summed E-state index contributed by atoms with van der Waals surface area (Å²) in [6.45, 7) is 6.06. The molecule has 0 aliphatic rings. The average molecular weight is 230 g/mol. The van der Waals surface area contributed by atoms with Crippen LogP contribution in [0.15, 0.2) is 24.5 Å². The molecule has 4 heteroatoms. The highest BCUT2D eigenvalue weighted by Crippen LogP contribution is 2.08. The first kappa shape index (κ1) is 11.8. The molecule has 0 radical (unpaired) electrons. The van der Waals surface area contributed by atoms with Crippen molar-refractivity contribution in [2.24, 2.45) is 0 Å². The van der Waals surface area contributed by atoms with Gasteiger partial charge >= 0.3 is 0 Å². The fraction of sp³-hybridized carbons (Fsp3) is 0.385. The molecule has 0 unspecified atom stereocenters. The Kier molecular flexibility index (Phi) is 3.88. The Morgan fingerprint density at radius 2 is 1.94 bits per heavy atom. The van der Waals surface area contributed by atoms with Crippen LogP contribution in [0.2, 0.25) is 0 Å². The average Bonchev–Trinajstić information content (AvgIpc) is 2.76. The van der Waals surface area contributed by atoms with Crippen LogP contribution in [0.4, 0.5) is 0 Å². The zero-order valence-corrected chi connectivity index (χ0v) is 10.3. The van der Waals surface area contributed by atoms with Gasteiger partial charge in [0.2, 0.25) is 0 Å². The fourth-order valence-electron chi connectivity index (χ4n) is 1.96. The first-order chi connectivity index (χ1) is 8.24. The summed E-state index contributed by atoms with van der Waals surface area (Å²) in [5, 5.41) is 10.1. The van der Waals surface area contributed by atoms with E-state index in [1.54, 1.807) is 6.33 Å². The number of nitrogens with one attached hydrogen (secondary N) is 2. The van der Waals surface area contributed by atoms with Crippen molar-refractivity contribution in [3.63, 3.8) is 0 Å². The standard InChI is InChI=1S/C13H18N4/c1-10-5-11(2)7-12(6-10)8-14-4-3-13-15-9-16-17-13/h5-7,9,14H,3-4,8H2,1-2H3,(H,15,16,17). The van der Waals surface area contributed by atoms with E-state index in [1.165, 1.54) is 16.7 Å². The van der Waals surface area contributed by atoms with E-state index in [0.717, 1.165) is 25.3 Å². The maximum Gasteiger partial charge on any atom is 0.137 e. The summed E-state index contributed by atoms with van der Waals surface area (Å²) in [7, 11) is 0. The number of aryl methyl sites for hydroxylation is 2. The van der Waals surface area contributed by atoms with Gasteiger partial charge in [0.05, 0.1) is 0 Å². The third kappa shape index (κ3) is 3.67. The van der Waals surface area contributed by atoms with Gasteiger partial charge < -0.3 is 5.32 Å². The second kappa shape index (κ2) is 5.59. The lowest BCUT2D eigenvalue weighted by Gasteiger charge is -2.06. The van der Waals surface area contributed by atoms with Gasteiger partial charge in [0.15, 0.2) is 0 Å². The van der Waals surface area contributed by atoms with Crippen molar-refractivity contribution < 1.29 is 0 Å². The molecule has 2 N–H and O–H groups in total. The van der Waals surface area contributed by atoms with Crippen LogP contribution in [0.3, 0.4) is 0 Å². The van der Waals surface area contributed by atoms with Gasteiger partial charge in [-0.2, -0.15) is 5.10 Å². The van der Waals surface area contributed by atoms with E-state index in [1.807, 2.05) is 0 Å². The van der Waals surface area contributed by atoms with Crippen LogP contribution in [0.5, 0.6) is 0 Å². The summed E-state index contributed by atoms with van der Waals surface area (Å²) in [5.74, 6) is 0.929. The molecule has 0 aliphatic carbocycles. The topological polar surface area (TPSA) is 53.6 Å². The molecule has 2 aromatic rings. The first-order valence-electron chi connectivity index (χ1n) is 5.86. The van der Waals surface area contributed by atoms with Crippen molar-refractivity contribution in [2.75, 3.05) is 6.54 Å². The second-order valence-corrected chi connectivity index (χ2v) is 4.35. The van der Waals surface area contributed by atoms with E-state index in [9.17, 15) is 0 Å². The highest BCUT2D eigenvalue weighted by atomic mass is 15.2. The lowest BCUT2D eigenvalue weighted by Crippen LogP contribution is -2.17. The van der Waals surface area contributed by atoms with E-state index < -0.39 is 0 Å². The molecule has 2 rings (SSSR count). The van der Waals surface area contributed by atoms with Gasteiger partial charge in [-0.05, 0) is 19.4 Å². The summed E-state index contributed by atoms with van der Waals surface area (Å²) in [6, 6.07) is 6.63. The van der Waals surface area contributed by atoms with Gasteiger partial charge in [0, 0.05) is 19.5 Å². The van der Waals surface area contributed by atoms with Gasteiger partial charge in [0.25, 0.3) is 0 Å².